The molecule has 0 saturated carbocycles. The van der Waals surface area contributed by atoms with Crippen molar-refractivity contribution in [3.05, 3.63) is 216 Å². The summed E-state index contributed by atoms with van der Waals surface area (Å²) in [7, 11) is 0. The van der Waals surface area contributed by atoms with Crippen LogP contribution in [-0.2, 0) is 11.8 Å². The highest BCUT2D eigenvalue weighted by atomic mass is 16.3. The van der Waals surface area contributed by atoms with E-state index in [1.165, 1.54) is 94.2 Å². The molecule has 1 heterocycles. The molecule has 0 amide bonds. The van der Waals surface area contributed by atoms with E-state index in [4.69, 9.17) is 4.42 Å². The molecule has 59 heavy (non-hydrogen) atoms. The Morgan fingerprint density at radius 1 is 0.424 bits per heavy atom. The third kappa shape index (κ3) is 5.31. The monoisotopic (exact) mass is 754 g/mol. The minimum absolute atomic E-state index is 0.124. The zero-order valence-electron chi connectivity index (χ0n) is 33.3. The van der Waals surface area contributed by atoms with Gasteiger partial charge in [-0.2, -0.15) is 0 Å². The third-order valence-corrected chi connectivity index (χ3v) is 13.6. The van der Waals surface area contributed by atoms with Crippen LogP contribution in [0.15, 0.2) is 192 Å². The van der Waals surface area contributed by atoms with Crippen molar-refractivity contribution in [3.8, 4) is 55.6 Å². The molecule has 1 heteroatoms. The van der Waals surface area contributed by atoms with E-state index < -0.39 is 0 Å². The maximum atomic E-state index is 6.12. The van der Waals surface area contributed by atoms with Gasteiger partial charge in [-0.25, -0.2) is 0 Å². The fraction of sp³-hybridized carbons (Fsp3) is 0.103. The van der Waals surface area contributed by atoms with Crippen LogP contribution < -0.4 is 0 Å². The summed E-state index contributed by atoms with van der Waals surface area (Å²) in [5.41, 5.74) is 21.8. The number of furan rings is 1. The van der Waals surface area contributed by atoms with Gasteiger partial charge in [0.15, 0.2) is 0 Å². The van der Waals surface area contributed by atoms with E-state index in [-0.39, 0.29) is 11.3 Å². The Bertz CT molecular complexity index is 3260. The van der Waals surface area contributed by atoms with Gasteiger partial charge < -0.3 is 4.42 Å². The predicted molar refractivity (Wildman–Crippen MR) is 247 cm³/mol. The van der Waals surface area contributed by atoms with Gasteiger partial charge in [0.1, 0.15) is 11.2 Å². The molecule has 1 atom stereocenters. The van der Waals surface area contributed by atoms with Gasteiger partial charge in [-0.05, 0) is 131 Å². The first-order valence-electron chi connectivity index (χ1n) is 21.0. The molecule has 9 aromatic carbocycles. The van der Waals surface area contributed by atoms with Crippen molar-refractivity contribution in [2.75, 3.05) is 0 Å². The van der Waals surface area contributed by atoms with Crippen molar-refractivity contribution in [1.29, 1.82) is 0 Å². The quantitative estimate of drug-likeness (QED) is 0.158. The molecule has 280 valence electrons. The van der Waals surface area contributed by atoms with E-state index in [0.29, 0.717) is 0 Å². The van der Waals surface area contributed by atoms with E-state index >= 15 is 0 Å². The molecule has 0 spiro atoms. The summed E-state index contributed by atoms with van der Waals surface area (Å²) in [6, 6.07) is 70.1. The summed E-state index contributed by atoms with van der Waals surface area (Å²) in [5.74, 6) is 0.212. The van der Waals surface area contributed by atoms with Gasteiger partial charge in [0, 0.05) is 22.1 Å². The highest BCUT2D eigenvalue weighted by Crippen LogP contribution is 2.53. The fourth-order valence-electron chi connectivity index (χ4n) is 10.5. The average Bonchev–Trinajstić information content (AvgIpc) is 3.90. The van der Waals surface area contributed by atoms with Crippen LogP contribution in [0.4, 0.5) is 0 Å². The van der Waals surface area contributed by atoms with Gasteiger partial charge in [0.05, 0.1) is 0 Å². The highest BCUT2D eigenvalue weighted by Gasteiger charge is 2.36. The number of benzene rings is 9. The van der Waals surface area contributed by atoms with Crippen LogP contribution in [0.2, 0.25) is 0 Å². The number of hydrogen-bond donors (Lipinski definition) is 0. The molecule has 2 aliphatic carbocycles. The first-order chi connectivity index (χ1) is 29.0. The standard InChI is InChI=1S/C58H42O/c1-58(2)53-34-40(37-11-4-3-5-12-37)24-28-46(53)47-29-25-41(35-54(47)58)42(45-30-31-51-44-14-7-6-13-43(44)49-16-10-17-50(45)57(49)51)27-21-36-19-22-38(23-20-36)39-26-32-56-52(33-39)48-15-8-9-18-55(48)59-56/h3-20,22-26,28-35,42H,21,27H2,1-2H3. The molecule has 0 aliphatic heterocycles. The van der Waals surface area contributed by atoms with Crippen molar-refractivity contribution in [2.24, 2.45) is 0 Å². The van der Waals surface area contributed by atoms with Crippen LogP contribution in [0, 0.1) is 0 Å². The summed E-state index contributed by atoms with van der Waals surface area (Å²) < 4.78 is 6.12. The molecule has 10 aromatic rings. The molecule has 0 N–H and O–H groups in total. The van der Waals surface area contributed by atoms with E-state index in [9.17, 15) is 0 Å². The van der Waals surface area contributed by atoms with Crippen molar-refractivity contribution in [1.82, 2.24) is 0 Å². The van der Waals surface area contributed by atoms with Crippen LogP contribution in [0.3, 0.4) is 0 Å². The van der Waals surface area contributed by atoms with Crippen molar-refractivity contribution >= 4 is 32.7 Å². The molecule has 1 nitrogen and oxygen atoms in total. The van der Waals surface area contributed by atoms with E-state index in [1.54, 1.807) is 0 Å². The summed E-state index contributed by atoms with van der Waals surface area (Å²) in [5, 5.41) is 5.09. The molecule has 2 aliphatic rings. The van der Waals surface area contributed by atoms with Crippen LogP contribution in [0.1, 0.15) is 54.0 Å². The second kappa shape index (κ2) is 13.0. The smallest absolute Gasteiger partial charge is 0.135 e. The summed E-state index contributed by atoms with van der Waals surface area (Å²) in [4.78, 5) is 0. The SMILES string of the molecule is CC1(C)c2cc(-c3ccccc3)ccc2-c2ccc(C(CCc3ccc(-c4ccc5oc6ccccc6c5c4)cc3)c3ccc4c5c(cccc35)-c3ccccc3-4)cc21. The lowest BCUT2D eigenvalue weighted by Crippen LogP contribution is -2.16. The second-order valence-corrected chi connectivity index (χ2v) is 17.1. The van der Waals surface area contributed by atoms with Gasteiger partial charge in [-0.15, -0.1) is 0 Å². The zero-order chi connectivity index (χ0) is 39.2. The first kappa shape index (κ1) is 34.1. The van der Waals surface area contributed by atoms with E-state index in [1.807, 2.05) is 12.1 Å². The molecule has 1 unspecified atom stereocenters. The number of hydrogen-bond acceptors (Lipinski definition) is 1. The van der Waals surface area contributed by atoms with Gasteiger partial charge in [-0.3, -0.25) is 0 Å². The Kier molecular flexibility index (Phi) is 7.53. The number of fused-ring (bicyclic) bond motifs is 9. The molecule has 0 fully saturated rings. The minimum atomic E-state index is -0.124. The third-order valence-electron chi connectivity index (χ3n) is 13.6. The lowest BCUT2D eigenvalue weighted by Gasteiger charge is -2.25. The lowest BCUT2D eigenvalue weighted by atomic mass is 9.78. The van der Waals surface area contributed by atoms with Crippen LogP contribution in [-0.4, -0.2) is 0 Å². The molecular weight excluding hydrogens is 713 g/mol. The van der Waals surface area contributed by atoms with Gasteiger partial charge in [0.2, 0.25) is 0 Å². The zero-order valence-corrected chi connectivity index (χ0v) is 33.3. The van der Waals surface area contributed by atoms with Crippen molar-refractivity contribution in [3.63, 3.8) is 0 Å². The summed E-state index contributed by atoms with van der Waals surface area (Å²) in [6.07, 6.45) is 1.98. The maximum absolute atomic E-state index is 6.12. The molecule has 12 rings (SSSR count). The molecule has 0 saturated heterocycles. The average molecular weight is 755 g/mol. The number of rotatable bonds is 7. The Hall–Kier alpha value is -6.96. The maximum Gasteiger partial charge on any atom is 0.135 e. The Morgan fingerprint density at radius 2 is 1.02 bits per heavy atom. The highest BCUT2D eigenvalue weighted by molar-refractivity contribution is 6.16. The van der Waals surface area contributed by atoms with E-state index in [0.717, 1.165) is 34.8 Å². The van der Waals surface area contributed by atoms with Gasteiger partial charge in [-0.1, -0.05) is 178 Å². The van der Waals surface area contributed by atoms with Gasteiger partial charge >= 0.3 is 0 Å². The Morgan fingerprint density at radius 3 is 1.85 bits per heavy atom. The first-order valence-corrected chi connectivity index (χ1v) is 21.0. The molecule has 0 radical (unpaired) electrons. The van der Waals surface area contributed by atoms with Crippen molar-refractivity contribution in [2.45, 2.75) is 38.0 Å². The Labute approximate surface area is 345 Å². The van der Waals surface area contributed by atoms with Crippen LogP contribution in [0.25, 0.3) is 88.3 Å². The Balaban J connectivity index is 0.928. The predicted octanol–water partition coefficient (Wildman–Crippen LogP) is 15.8. The van der Waals surface area contributed by atoms with Crippen LogP contribution >= 0.6 is 0 Å². The largest absolute Gasteiger partial charge is 0.456 e. The summed E-state index contributed by atoms with van der Waals surface area (Å²) in [6.45, 7) is 4.82. The van der Waals surface area contributed by atoms with Crippen LogP contribution in [0.5, 0.6) is 0 Å². The normalized spacial score (nSPS) is 13.8. The summed E-state index contributed by atoms with van der Waals surface area (Å²) >= 11 is 0. The van der Waals surface area contributed by atoms with Crippen molar-refractivity contribution < 1.29 is 4.42 Å². The molecule has 0 bridgehead atoms. The minimum Gasteiger partial charge on any atom is -0.456 e. The number of para-hydroxylation sites is 1. The van der Waals surface area contributed by atoms with E-state index in [2.05, 4.69) is 190 Å². The topological polar surface area (TPSA) is 13.1 Å². The van der Waals surface area contributed by atoms with Gasteiger partial charge in [0.25, 0.3) is 0 Å². The molecular formula is C58H42O. The lowest BCUT2D eigenvalue weighted by molar-refractivity contribution is 0.655. The fourth-order valence-corrected chi connectivity index (χ4v) is 10.5. The second-order valence-electron chi connectivity index (χ2n) is 17.1. The molecule has 1 aromatic heterocycles. The number of aryl methyl sites for hydroxylation is 1.